The van der Waals surface area contributed by atoms with E-state index in [1.165, 1.54) is 17.8 Å². The van der Waals surface area contributed by atoms with Crippen LogP contribution in [0.1, 0.15) is 10.4 Å². The fourth-order valence-electron chi connectivity index (χ4n) is 1.95. The highest BCUT2D eigenvalue weighted by Gasteiger charge is 2.24. The average molecular weight is 274 g/mol. The lowest BCUT2D eigenvalue weighted by atomic mass is 10.2. The van der Waals surface area contributed by atoms with Gasteiger partial charge in [-0.15, -0.1) is 0 Å². The first-order chi connectivity index (χ1) is 9.16. The van der Waals surface area contributed by atoms with Gasteiger partial charge in [0, 0.05) is 11.0 Å². The van der Waals surface area contributed by atoms with Gasteiger partial charge in [0.15, 0.2) is 5.69 Å². The SMILES string of the molecule is O=C1Nc2ccccc2Sc2c1cccc2[NH+]([O-])O. The molecule has 1 aliphatic rings. The van der Waals surface area contributed by atoms with Crippen LogP contribution in [-0.4, -0.2) is 11.1 Å². The zero-order chi connectivity index (χ0) is 13.4. The second kappa shape index (κ2) is 4.67. The summed E-state index contributed by atoms with van der Waals surface area (Å²) < 4.78 is 0. The van der Waals surface area contributed by atoms with E-state index in [1.54, 1.807) is 18.2 Å². The van der Waals surface area contributed by atoms with Crippen molar-refractivity contribution in [2.24, 2.45) is 0 Å². The normalized spacial score (nSPS) is 14.9. The summed E-state index contributed by atoms with van der Waals surface area (Å²) in [5.74, 6) is -0.282. The Morgan fingerprint density at radius 1 is 1.16 bits per heavy atom. The summed E-state index contributed by atoms with van der Waals surface area (Å²) in [6.07, 6.45) is 0. The molecule has 0 saturated heterocycles. The standard InChI is InChI=1S/C13H10N2O3S/c16-13-8-4-3-6-10(15(17)18)12(8)19-11-7-2-1-5-9(11)14-13/h1-7,15,17H,(H,14,16). The Hall–Kier alpha value is -1.86. The van der Waals surface area contributed by atoms with E-state index in [9.17, 15) is 15.2 Å². The summed E-state index contributed by atoms with van der Waals surface area (Å²) in [5, 5.41) is 22.2. The molecule has 1 aliphatic heterocycles. The Morgan fingerprint density at radius 2 is 1.95 bits per heavy atom. The molecule has 5 nitrogen and oxygen atoms in total. The summed E-state index contributed by atoms with van der Waals surface area (Å²) >= 11 is 1.30. The number of carbonyl (C=O) groups excluding carboxylic acids is 1. The fourth-order valence-corrected chi connectivity index (χ4v) is 3.08. The van der Waals surface area contributed by atoms with Crippen LogP contribution in [0.3, 0.4) is 0 Å². The van der Waals surface area contributed by atoms with Crippen molar-refractivity contribution in [2.75, 3.05) is 5.32 Å². The van der Waals surface area contributed by atoms with Gasteiger partial charge in [-0.2, -0.15) is 5.23 Å². The van der Waals surface area contributed by atoms with Crippen molar-refractivity contribution in [3.05, 3.63) is 53.2 Å². The first kappa shape index (κ1) is 12.2. The van der Waals surface area contributed by atoms with Crippen LogP contribution >= 0.6 is 11.8 Å². The lowest BCUT2D eigenvalue weighted by Gasteiger charge is -2.16. The smallest absolute Gasteiger partial charge is 0.257 e. The molecule has 0 fully saturated rings. The van der Waals surface area contributed by atoms with Gasteiger partial charge in [0.2, 0.25) is 0 Å². The quantitative estimate of drug-likeness (QED) is 0.693. The molecule has 96 valence electrons. The molecule has 0 bridgehead atoms. The molecule has 1 unspecified atom stereocenters. The third-order valence-electron chi connectivity index (χ3n) is 2.84. The third kappa shape index (κ3) is 2.11. The summed E-state index contributed by atoms with van der Waals surface area (Å²) in [6.45, 7) is 0. The van der Waals surface area contributed by atoms with Gasteiger partial charge in [0.1, 0.15) is 0 Å². The Bertz CT molecular complexity index is 658. The predicted molar refractivity (Wildman–Crippen MR) is 70.7 cm³/mol. The Morgan fingerprint density at radius 3 is 2.74 bits per heavy atom. The Balaban J connectivity index is 2.21. The van der Waals surface area contributed by atoms with Gasteiger partial charge < -0.3 is 10.5 Å². The molecule has 2 aromatic carbocycles. The average Bonchev–Trinajstić information content (AvgIpc) is 2.54. The molecule has 1 amide bonds. The second-order valence-corrected chi connectivity index (χ2v) is 5.09. The molecule has 1 heterocycles. The maximum absolute atomic E-state index is 12.1. The number of hydrogen-bond donors (Lipinski definition) is 3. The topological polar surface area (TPSA) is 76.8 Å². The van der Waals surface area contributed by atoms with Gasteiger partial charge in [-0.1, -0.05) is 30.0 Å². The number of anilines is 1. The molecule has 19 heavy (non-hydrogen) atoms. The second-order valence-electron chi connectivity index (χ2n) is 4.04. The van der Waals surface area contributed by atoms with E-state index in [2.05, 4.69) is 5.32 Å². The van der Waals surface area contributed by atoms with Crippen LogP contribution in [0.25, 0.3) is 0 Å². The molecule has 0 aromatic heterocycles. The van der Waals surface area contributed by atoms with Crippen molar-refractivity contribution in [1.29, 1.82) is 0 Å². The summed E-state index contributed by atoms with van der Waals surface area (Å²) in [6, 6.07) is 12.1. The van der Waals surface area contributed by atoms with E-state index in [4.69, 9.17) is 0 Å². The number of quaternary nitrogens is 1. The van der Waals surface area contributed by atoms with Crippen LogP contribution in [0.2, 0.25) is 0 Å². The summed E-state index contributed by atoms with van der Waals surface area (Å²) in [7, 11) is 0. The van der Waals surface area contributed by atoms with Crippen molar-refractivity contribution in [1.82, 2.24) is 0 Å². The zero-order valence-electron chi connectivity index (χ0n) is 9.71. The predicted octanol–water partition coefficient (Wildman–Crippen LogP) is 1.81. The first-order valence-corrected chi connectivity index (χ1v) is 6.43. The van der Waals surface area contributed by atoms with E-state index in [0.29, 0.717) is 16.1 Å². The molecule has 0 aliphatic carbocycles. The molecular weight excluding hydrogens is 264 g/mol. The number of para-hydroxylation sites is 1. The van der Waals surface area contributed by atoms with Crippen molar-refractivity contribution >= 4 is 29.0 Å². The van der Waals surface area contributed by atoms with Crippen molar-refractivity contribution < 1.29 is 15.2 Å². The number of nitrogens with one attached hydrogen (secondary N) is 2. The number of fused-ring (bicyclic) bond motifs is 2. The van der Waals surface area contributed by atoms with Gasteiger partial charge in [-0.25, -0.2) is 5.21 Å². The molecule has 1 atom stereocenters. The number of amides is 1. The van der Waals surface area contributed by atoms with Gasteiger partial charge in [-0.05, 0) is 18.2 Å². The molecule has 3 rings (SSSR count). The third-order valence-corrected chi connectivity index (χ3v) is 4.06. The van der Waals surface area contributed by atoms with E-state index in [1.807, 2.05) is 18.2 Å². The van der Waals surface area contributed by atoms with Crippen LogP contribution in [0.4, 0.5) is 11.4 Å². The highest BCUT2D eigenvalue weighted by Crippen LogP contribution is 2.41. The number of rotatable bonds is 1. The summed E-state index contributed by atoms with van der Waals surface area (Å²) in [5.41, 5.74) is 1.24. The minimum absolute atomic E-state index is 0.148. The molecule has 0 radical (unpaired) electrons. The maximum atomic E-state index is 12.1. The molecule has 6 heteroatoms. The minimum Gasteiger partial charge on any atom is -0.595 e. The van der Waals surface area contributed by atoms with Gasteiger partial charge >= 0.3 is 0 Å². The monoisotopic (exact) mass is 274 g/mol. The van der Waals surface area contributed by atoms with E-state index >= 15 is 0 Å². The summed E-state index contributed by atoms with van der Waals surface area (Å²) in [4.78, 5) is 13.4. The van der Waals surface area contributed by atoms with Crippen LogP contribution in [0.5, 0.6) is 0 Å². The van der Waals surface area contributed by atoms with Crippen molar-refractivity contribution in [3.63, 3.8) is 0 Å². The van der Waals surface area contributed by atoms with Crippen LogP contribution < -0.4 is 10.5 Å². The fraction of sp³-hybridized carbons (Fsp3) is 0. The van der Waals surface area contributed by atoms with Crippen LogP contribution in [0.15, 0.2) is 52.3 Å². The first-order valence-electron chi connectivity index (χ1n) is 5.61. The lowest BCUT2D eigenvalue weighted by Crippen LogP contribution is -2.99. The van der Waals surface area contributed by atoms with Gasteiger partial charge in [0.05, 0.1) is 16.1 Å². The van der Waals surface area contributed by atoms with Crippen LogP contribution in [-0.2, 0) is 0 Å². The maximum Gasteiger partial charge on any atom is 0.257 e. The molecular formula is C13H10N2O3S. The molecule has 0 saturated carbocycles. The van der Waals surface area contributed by atoms with E-state index in [-0.39, 0.29) is 11.6 Å². The highest BCUT2D eigenvalue weighted by molar-refractivity contribution is 7.99. The van der Waals surface area contributed by atoms with Gasteiger partial charge in [0.25, 0.3) is 5.91 Å². The molecule has 3 N–H and O–H groups in total. The number of hydrogen-bond acceptors (Lipinski definition) is 4. The largest absolute Gasteiger partial charge is 0.595 e. The highest BCUT2D eigenvalue weighted by atomic mass is 32.2. The lowest BCUT2D eigenvalue weighted by molar-refractivity contribution is -0.992. The number of carbonyl (C=O) groups is 1. The number of benzene rings is 2. The van der Waals surface area contributed by atoms with Crippen LogP contribution in [0, 0.1) is 5.21 Å². The van der Waals surface area contributed by atoms with Gasteiger partial charge in [-0.3, -0.25) is 4.79 Å². The minimum atomic E-state index is -1.03. The molecule has 0 spiro atoms. The van der Waals surface area contributed by atoms with Crippen molar-refractivity contribution in [3.8, 4) is 0 Å². The van der Waals surface area contributed by atoms with E-state index in [0.717, 1.165) is 4.90 Å². The Labute approximate surface area is 113 Å². The van der Waals surface area contributed by atoms with Crippen molar-refractivity contribution in [2.45, 2.75) is 9.79 Å². The molecule has 2 aromatic rings. The Kier molecular flexibility index (Phi) is 3.00. The zero-order valence-corrected chi connectivity index (χ0v) is 10.5. The van der Waals surface area contributed by atoms with E-state index < -0.39 is 5.23 Å².